The first kappa shape index (κ1) is 15.0. The van der Waals surface area contributed by atoms with Crippen molar-refractivity contribution >= 4 is 34.1 Å². The van der Waals surface area contributed by atoms with Gasteiger partial charge in [-0.05, 0) is 30.3 Å². The molecule has 0 radical (unpaired) electrons. The van der Waals surface area contributed by atoms with E-state index in [4.69, 9.17) is 16.0 Å². The van der Waals surface area contributed by atoms with E-state index in [2.05, 4.69) is 0 Å². The van der Waals surface area contributed by atoms with Gasteiger partial charge in [-0.25, -0.2) is 0 Å². The minimum absolute atomic E-state index is 0.231. The lowest BCUT2D eigenvalue weighted by atomic mass is 9.91. The summed E-state index contributed by atoms with van der Waals surface area (Å²) in [7, 11) is 0. The summed E-state index contributed by atoms with van der Waals surface area (Å²) in [6.45, 7) is 0. The van der Waals surface area contributed by atoms with Crippen LogP contribution in [0.1, 0.15) is 20.7 Å². The summed E-state index contributed by atoms with van der Waals surface area (Å²) in [5.41, 5.74) is 1.03. The number of furan rings is 1. The van der Waals surface area contributed by atoms with Crippen molar-refractivity contribution in [1.82, 2.24) is 0 Å². The second kappa shape index (κ2) is 6.07. The zero-order chi connectivity index (χ0) is 16.4. The summed E-state index contributed by atoms with van der Waals surface area (Å²) in [6, 6.07) is 14.8. The maximum absolute atomic E-state index is 12.6. The summed E-state index contributed by atoms with van der Waals surface area (Å²) in [4.78, 5) is 25.0. The third kappa shape index (κ3) is 2.75. The molecule has 0 aliphatic rings. The summed E-state index contributed by atoms with van der Waals surface area (Å²) >= 11 is 5.78. The Bertz CT molecular complexity index is 935. The van der Waals surface area contributed by atoms with Gasteiger partial charge in [0.2, 0.25) is 0 Å². The summed E-state index contributed by atoms with van der Waals surface area (Å²) < 4.78 is 5.31. The normalized spacial score (nSPS) is 11.8. The van der Waals surface area contributed by atoms with Crippen LogP contribution in [0.5, 0.6) is 0 Å². The SMILES string of the molecule is N#C[C@@H](C(=O)c1ccc(Cl)cc1)C(=O)c1coc2ccccc12. The first-order chi connectivity index (χ1) is 11.1. The average molecular weight is 324 g/mol. The molecule has 112 valence electrons. The molecule has 3 rings (SSSR count). The minimum atomic E-state index is -1.42. The highest BCUT2D eigenvalue weighted by molar-refractivity contribution is 6.30. The van der Waals surface area contributed by atoms with Crippen LogP contribution in [0.3, 0.4) is 0 Å². The number of nitrogens with zero attached hydrogens (tertiary/aromatic N) is 1. The van der Waals surface area contributed by atoms with Crippen molar-refractivity contribution in [2.45, 2.75) is 0 Å². The Labute approximate surface area is 136 Å². The number of rotatable bonds is 4. The second-order valence-corrected chi connectivity index (χ2v) is 5.38. The second-order valence-electron chi connectivity index (χ2n) is 4.94. The third-order valence-corrected chi connectivity index (χ3v) is 3.78. The predicted molar refractivity (Wildman–Crippen MR) is 85.4 cm³/mol. The van der Waals surface area contributed by atoms with Gasteiger partial charge < -0.3 is 4.42 Å². The van der Waals surface area contributed by atoms with E-state index in [1.54, 1.807) is 42.5 Å². The molecule has 0 aliphatic carbocycles. The van der Waals surface area contributed by atoms with Crippen LogP contribution in [0.2, 0.25) is 5.02 Å². The van der Waals surface area contributed by atoms with Gasteiger partial charge >= 0.3 is 0 Å². The first-order valence-electron chi connectivity index (χ1n) is 6.81. The van der Waals surface area contributed by atoms with Gasteiger partial charge in [-0.15, -0.1) is 0 Å². The number of carbonyl (C=O) groups excluding carboxylic acids is 2. The van der Waals surface area contributed by atoms with Gasteiger partial charge in [0.15, 0.2) is 17.5 Å². The number of fused-ring (bicyclic) bond motifs is 1. The first-order valence-corrected chi connectivity index (χ1v) is 7.19. The summed E-state index contributed by atoms with van der Waals surface area (Å²) in [5, 5.41) is 10.4. The Hall–Kier alpha value is -2.90. The van der Waals surface area contributed by atoms with Crippen LogP contribution in [0.25, 0.3) is 11.0 Å². The van der Waals surface area contributed by atoms with Crippen molar-refractivity contribution in [2.75, 3.05) is 0 Å². The largest absolute Gasteiger partial charge is 0.464 e. The van der Waals surface area contributed by atoms with Gasteiger partial charge in [0, 0.05) is 16.0 Å². The molecule has 3 aromatic rings. The number of carbonyl (C=O) groups is 2. The Balaban J connectivity index is 1.97. The number of halogens is 1. The van der Waals surface area contributed by atoms with E-state index in [0.29, 0.717) is 16.0 Å². The fourth-order valence-electron chi connectivity index (χ4n) is 2.34. The number of Topliss-reactive ketones (excluding diaryl/α,β-unsaturated/α-hetero) is 2. The number of hydrogen-bond acceptors (Lipinski definition) is 4. The lowest BCUT2D eigenvalue weighted by Crippen LogP contribution is -2.22. The van der Waals surface area contributed by atoms with E-state index in [1.165, 1.54) is 18.4 Å². The summed E-state index contributed by atoms with van der Waals surface area (Å²) in [6.07, 6.45) is 1.28. The molecule has 1 heterocycles. The van der Waals surface area contributed by atoms with Gasteiger partial charge in [0.1, 0.15) is 11.8 Å². The minimum Gasteiger partial charge on any atom is -0.464 e. The molecule has 0 fully saturated rings. The van der Waals surface area contributed by atoms with Gasteiger partial charge in [0.25, 0.3) is 0 Å². The Morgan fingerprint density at radius 3 is 2.43 bits per heavy atom. The molecular formula is C18H10ClNO3. The van der Waals surface area contributed by atoms with Gasteiger partial charge in [0.05, 0.1) is 11.6 Å². The highest BCUT2D eigenvalue weighted by atomic mass is 35.5. The molecule has 1 aromatic heterocycles. The maximum atomic E-state index is 12.6. The zero-order valence-corrected chi connectivity index (χ0v) is 12.6. The molecule has 0 saturated heterocycles. The molecule has 1 atom stereocenters. The lowest BCUT2D eigenvalue weighted by Gasteiger charge is -2.06. The maximum Gasteiger partial charge on any atom is 0.191 e. The lowest BCUT2D eigenvalue weighted by molar-refractivity contribution is 0.0846. The molecule has 4 nitrogen and oxygen atoms in total. The molecule has 0 saturated carbocycles. The van der Waals surface area contributed by atoms with E-state index in [-0.39, 0.29) is 11.1 Å². The van der Waals surface area contributed by atoms with Gasteiger partial charge in [-0.3, -0.25) is 9.59 Å². The van der Waals surface area contributed by atoms with Crippen molar-refractivity contribution in [3.05, 3.63) is 70.9 Å². The van der Waals surface area contributed by atoms with Crippen molar-refractivity contribution in [1.29, 1.82) is 5.26 Å². The quantitative estimate of drug-likeness (QED) is 0.530. The van der Waals surface area contributed by atoms with Crippen LogP contribution in [-0.4, -0.2) is 11.6 Å². The fraction of sp³-hybridized carbons (Fsp3) is 0.0556. The smallest absolute Gasteiger partial charge is 0.191 e. The van der Waals surface area contributed by atoms with Crippen LogP contribution in [0, 0.1) is 17.2 Å². The topological polar surface area (TPSA) is 71.1 Å². The Morgan fingerprint density at radius 1 is 1.04 bits per heavy atom. The van der Waals surface area contributed by atoms with E-state index in [0.717, 1.165) is 0 Å². The van der Waals surface area contributed by atoms with E-state index < -0.39 is 17.5 Å². The van der Waals surface area contributed by atoms with E-state index in [9.17, 15) is 14.9 Å². The van der Waals surface area contributed by atoms with Crippen LogP contribution in [0.15, 0.2) is 59.2 Å². The van der Waals surface area contributed by atoms with Gasteiger partial charge in [-0.2, -0.15) is 5.26 Å². The number of nitriles is 1. The number of ketones is 2. The Kier molecular flexibility index (Phi) is 3.96. The standard InChI is InChI=1S/C18H10ClNO3/c19-12-7-5-11(6-8-12)17(21)14(9-20)18(22)15-10-23-16-4-2-1-3-13(15)16/h1-8,10,14H/t14-/m0/s1. The number of para-hydroxylation sites is 1. The molecule has 23 heavy (non-hydrogen) atoms. The third-order valence-electron chi connectivity index (χ3n) is 3.53. The molecule has 2 aromatic carbocycles. The summed E-state index contributed by atoms with van der Waals surface area (Å²) in [5.74, 6) is -2.55. The van der Waals surface area contributed by atoms with Crippen molar-refractivity contribution < 1.29 is 14.0 Å². The average Bonchev–Trinajstić information content (AvgIpc) is 3.00. The van der Waals surface area contributed by atoms with E-state index >= 15 is 0 Å². The van der Waals surface area contributed by atoms with Crippen LogP contribution < -0.4 is 0 Å². The fourth-order valence-corrected chi connectivity index (χ4v) is 2.47. The van der Waals surface area contributed by atoms with Crippen LogP contribution >= 0.6 is 11.6 Å². The molecular weight excluding hydrogens is 314 g/mol. The highest BCUT2D eigenvalue weighted by Crippen LogP contribution is 2.25. The Morgan fingerprint density at radius 2 is 1.74 bits per heavy atom. The van der Waals surface area contributed by atoms with E-state index in [1.807, 2.05) is 0 Å². The van der Waals surface area contributed by atoms with Crippen LogP contribution in [0.4, 0.5) is 0 Å². The molecule has 0 bridgehead atoms. The van der Waals surface area contributed by atoms with Crippen molar-refractivity contribution in [3.63, 3.8) is 0 Å². The molecule has 0 spiro atoms. The number of benzene rings is 2. The molecule has 5 heteroatoms. The molecule has 0 amide bonds. The highest BCUT2D eigenvalue weighted by Gasteiger charge is 2.30. The number of hydrogen-bond donors (Lipinski definition) is 0. The van der Waals surface area contributed by atoms with Crippen molar-refractivity contribution in [3.8, 4) is 6.07 Å². The molecule has 0 N–H and O–H groups in total. The van der Waals surface area contributed by atoms with Gasteiger partial charge in [-0.1, -0.05) is 29.8 Å². The predicted octanol–water partition coefficient (Wildman–Crippen LogP) is 4.29. The van der Waals surface area contributed by atoms with Crippen LogP contribution in [-0.2, 0) is 0 Å². The zero-order valence-electron chi connectivity index (χ0n) is 11.8. The van der Waals surface area contributed by atoms with Crippen molar-refractivity contribution in [2.24, 2.45) is 5.92 Å². The monoisotopic (exact) mass is 323 g/mol. The molecule has 0 aliphatic heterocycles. The molecule has 0 unspecified atom stereocenters.